The number of rotatable bonds is 3. The van der Waals surface area contributed by atoms with Gasteiger partial charge in [-0.2, -0.15) is 5.10 Å². The van der Waals surface area contributed by atoms with Crippen LogP contribution >= 0.6 is 11.3 Å². The zero-order valence-electron chi connectivity index (χ0n) is 10.6. The van der Waals surface area contributed by atoms with E-state index >= 15 is 0 Å². The van der Waals surface area contributed by atoms with Crippen LogP contribution in [-0.4, -0.2) is 16.8 Å². The number of aromatic nitrogens is 1. The molecule has 0 saturated carbocycles. The van der Waals surface area contributed by atoms with Crippen molar-refractivity contribution < 1.29 is 4.79 Å². The predicted octanol–water partition coefficient (Wildman–Crippen LogP) is 1.51. The Kier molecular flexibility index (Phi) is 3.62. The van der Waals surface area contributed by atoms with E-state index in [1.807, 2.05) is 17.5 Å². The summed E-state index contributed by atoms with van der Waals surface area (Å²) in [6, 6.07) is 5.50. The Labute approximate surface area is 114 Å². The molecule has 1 amide bonds. The number of pyridine rings is 1. The molecule has 2 N–H and O–H groups in total. The molecule has 98 valence electrons. The highest BCUT2D eigenvalue weighted by Crippen LogP contribution is 2.07. The summed E-state index contributed by atoms with van der Waals surface area (Å²) < 4.78 is 1.19. The molecule has 0 spiro atoms. The number of aryl methyl sites for hydroxylation is 2. The van der Waals surface area contributed by atoms with Gasteiger partial charge in [0.05, 0.1) is 6.21 Å². The maximum atomic E-state index is 12.2. The highest BCUT2D eigenvalue weighted by molar-refractivity contribution is 7.11. The Balaban J connectivity index is 2.55. The molecule has 0 fully saturated rings. The summed E-state index contributed by atoms with van der Waals surface area (Å²) in [6.45, 7) is 3.44. The van der Waals surface area contributed by atoms with Crippen LogP contribution in [0.4, 0.5) is 0 Å². The van der Waals surface area contributed by atoms with Gasteiger partial charge in [0.1, 0.15) is 5.56 Å². The van der Waals surface area contributed by atoms with Gasteiger partial charge in [0.25, 0.3) is 11.5 Å². The molecule has 0 aromatic carbocycles. The molecule has 0 aliphatic rings. The Hall–Kier alpha value is -2.21. The molecule has 0 unspecified atom stereocenters. The molecule has 0 saturated heterocycles. The monoisotopic (exact) mass is 275 g/mol. The van der Waals surface area contributed by atoms with Crippen LogP contribution in [0.2, 0.25) is 0 Å². The number of amides is 1. The molecule has 0 radical (unpaired) electrons. The van der Waals surface area contributed by atoms with Gasteiger partial charge in [-0.3, -0.25) is 9.59 Å². The normalized spacial score (nSPS) is 11.1. The van der Waals surface area contributed by atoms with Crippen LogP contribution in [0.3, 0.4) is 0 Å². The van der Waals surface area contributed by atoms with Gasteiger partial charge in [-0.15, -0.1) is 11.3 Å². The van der Waals surface area contributed by atoms with Crippen LogP contribution in [0.1, 0.15) is 26.5 Å². The van der Waals surface area contributed by atoms with Crippen molar-refractivity contribution in [3.63, 3.8) is 0 Å². The van der Waals surface area contributed by atoms with E-state index in [2.05, 4.69) is 5.10 Å². The van der Waals surface area contributed by atoms with Gasteiger partial charge in [0.15, 0.2) is 0 Å². The van der Waals surface area contributed by atoms with E-state index in [1.165, 1.54) is 16.0 Å². The van der Waals surface area contributed by atoms with Crippen molar-refractivity contribution in [1.82, 2.24) is 4.68 Å². The first-order chi connectivity index (χ1) is 9.00. The average molecular weight is 275 g/mol. The molecular formula is C13H13N3O2S. The molecule has 6 heteroatoms. The molecule has 0 bridgehead atoms. The summed E-state index contributed by atoms with van der Waals surface area (Å²) >= 11 is 1.51. The standard InChI is InChI=1S/C13H13N3O2S/c1-8-6-9(2)16(13(18)11(8)12(14)17)15-7-10-4-3-5-19-10/h3-7H,1-2H3,(H2,14,17)/b15-7-. The number of nitrogens with two attached hydrogens (primary N) is 1. The molecular weight excluding hydrogens is 262 g/mol. The third-order valence-electron chi connectivity index (χ3n) is 2.65. The number of thiophene rings is 1. The van der Waals surface area contributed by atoms with Gasteiger partial charge in [-0.05, 0) is 36.9 Å². The Bertz CT molecular complexity index is 699. The summed E-state index contributed by atoms with van der Waals surface area (Å²) in [6.07, 6.45) is 1.58. The van der Waals surface area contributed by atoms with E-state index in [4.69, 9.17) is 5.73 Å². The summed E-state index contributed by atoms with van der Waals surface area (Å²) in [5, 5.41) is 6.03. The van der Waals surface area contributed by atoms with Gasteiger partial charge >= 0.3 is 0 Å². The third-order valence-corrected chi connectivity index (χ3v) is 3.46. The van der Waals surface area contributed by atoms with E-state index in [0.717, 1.165) is 4.88 Å². The quantitative estimate of drug-likeness (QED) is 0.862. The molecule has 2 heterocycles. The number of hydrogen-bond acceptors (Lipinski definition) is 4. The number of hydrogen-bond donors (Lipinski definition) is 1. The number of nitrogens with zero attached hydrogens (tertiary/aromatic N) is 2. The average Bonchev–Trinajstić information content (AvgIpc) is 2.80. The Morgan fingerprint density at radius 3 is 2.79 bits per heavy atom. The highest BCUT2D eigenvalue weighted by Gasteiger charge is 2.14. The van der Waals surface area contributed by atoms with E-state index in [1.54, 1.807) is 26.1 Å². The molecule has 2 rings (SSSR count). The van der Waals surface area contributed by atoms with Gasteiger partial charge in [-0.1, -0.05) is 6.07 Å². The molecule has 19 heavy (non-hydrogen) atoms. The summed E-state index contributed by atoms with van der Waals surface area (Å²) in [4.78, 5) is 24.4. The van der Waals surface area contributed by atoms with E-state index < -0.39 is 11.5 Å². The second-order valence-corrected chi connectivity index (χ2v) is 5.06. The summed E-state index contributed by atoms with van der Waals surface area (Å²) in [7, 11) is 0. The van der Waals surface area contributed by atoms with Gasteiger partial charge in [-0.25, -0.2) is 4.68 Å². The lowest BCUT2D eigenvalue weighted by Crippen LogP contribution is -2.30. The number of carbonyl (C=O) groups is 1. The fourth-order valence-electron chi connectivity index (χ4n) is 1.80. The third kappa shape index (κ3) is 2.63. The second kappa shape index (κ2) is 5.19. The van der Waals surface area contributed by atoms with Crippen molar-refractivity contribution in [2.45, 2.75) is 13.8 Å². The second-order valence-electron chi connectivity index (χ2n) is 4.08. The van der Waals surface area contributed by atoms with E-state index in [-0.39, 0.29) is 5.56 Å². The number of primary amides is 1. The van der Waals surface area contributed by atoms with Crippen LogP contribution < -0.4 is 11.3 Å². The van der Waals surface area contributed by atoms with Crippen LogP contribution in [0.5, 0.6) is 0 Å². The first kappa shape index (κ1) is 13.2. The van der Waals surface area contributed by atoms with Crippen LogP contribution in [-0.2, 0) is 0 Å². The van der Waals surface area contributed by atoms with Crippen molar-refractivity contribution in [2.24, 2.45) is 10.8 Å². The molecule has 0 atom stereocenters. The smallest absolute Gasteiger partial charge is 0.284 e. The van der Waals surface area contributed by atoms with Crippen molar-refractivity contribution in [3.05, 3.63) is 55.6 Å². The maximum absolute atomic E-state index is 12.2. The van der Waals surface area contributed by atoms with E-state index in [9.17, 15) is 9.59 Å². The lowest BCUT2D eigenvalue weighted by molar-refractivity contribution is 0.0997. The largest absolute Gasteiger partial charge is 0.365 e. The van der Waals surface area contributed by atoms with Crippen molar-refractivity contribution in [1.29, 1.82) is 0 Å². The Morgan fingerprint density at radius 1 is 1.47 bits per heavy atom. The number of carbonyl (C=O) groups excluding carboxylic acids is 1. The Morgan fingerprint density at radius 2 is 2.21 bits per heavy atom. The maximum Gasteiger partial charge on any atom is 0.284 e. The lowest BCUT2D eigenvalue weighted by atomic mass is 10.1. The minimum atomic E-state index is -0.734. The molecule has 0 aliphatic carbocycles. The fourth-order valence-corrected chi connectivity index (χ4v) is 2.38. The van der Waals surface area contributed by atoms with Gasteiger partial charge in [0, 0.05) is 10.6 Å². The fraction of sp³-hybridized carbons (Fsp3) is 0.154. The van der Waals surface area contributed by atoms with E-state index in [0.29, 0.717) is 11.3 Å². The van der Waals surface area contributed by atoms with Crippen LogP contribution in [0.15, 0.2) is 33.5 Å². The summed E-state index contributed by atoms with van der Waals surface area (Å²) in [5.74, 6) is -0.734. The first-order valence-electron chi connectivity index (χ1n) is 5.61. The van der Waals surface area contributed by atoms with Crippen LogP contribution in [0.25, 0.3) is 0 Å². The molecule has 0 aliphatic heterocycles. The van der Waals surface area contributed by atoms with Crippen molar-refractivity contribution in [2.75, 3.05) is 0 Å². The van der Waals surface area contributed by atoms with Gasteiger partial charge < -0.3 is 5.73 Å². The zero-order chi connectivity index (χ0) is 14.0. The summed E-state index contributed by atoms with van der Waals surface area (Å²) in [5.41, 5.74) is 5.94. The van der Waals surface area contributed by atoms with Gasteiger partial charge in [0.2, 0.25) is 0 Å². The minimum absolute atomic E-state index is 0.0195. The van der Waals surface area contributed by atoms with Crippen molar-refractivity contribution in [3.8, 4) is 0 Å². The first-order valence-corrected chi connectivity index (χ1v) is 6.49. The zero-order valence-corrected chi connectivity index (χ0v) is 11.4. The lowest BCUT2D eigenvalue weighted by Gasteiger charge is -2.07. The predicted molar refractivity (Wildman–Crippen MR) is 76.0 cm³/mol. The minimum Gasteiger partial charge on any atom is -0.365 e. The topological polar surface area (TPSA) is 77.4 Å². The molecule has 5 nitrogen and oxygen atoms in total. The van der Waals surface area contributed by atoms with Crippen molar-refractivity contribution >= 4 is 23.5 Å². The molecule has 2 aromatic heterocycles. The van der Waals surface area contributed by atoms with Crippen LogP contribution in [0, 0.1) is 13.8 Å². The highest BCUT2D eigenvalue weighted by atomic mass is 32.1. The SMILES string of the molecule is Cc1cc(C)n(/N=C\c2cccs2)c(=O)c1C(N)=O. The molecule has 2 aromatic rings.